The van der Waals surface area contributed by atoms with Crippen molar-refractivity contribution in [2.45, 2.75) is 0 Å². The molecule has 0 saturated heterocycles. The van der Waals surface area contributed by atoms with Crippen molar-refractivity contribution in [3.8, 4) is 5.75 Å². The zero-order chi connectivity index (χ0) is 15.2. The van der Waals surface area contributed by atoms with Gasteiger partial charge in [0.15, 0.2) is 6.61 Å². The van der Waals surface area contributed by atoms with Crippen molar-refractivity contribution in [1.82, 2.24) is 0 Å². The summed E-state index contributed by atoms with van der Waals surface area (Å²) in [6, 6.07) is 8.88. The van der Waals surface area contributed by atoms with Crippen molar-refractivity contribution in [2.75, 3.05) is 11.9 Å². The van der Waals surface area contributed by atoms with Gasteiger partial charge in [-0.1, -0.05) is 0 Å². The zero-order valence-corrected chi connectivity index (χ0v) is 10.8. The summed E-state index contributed by atoms with van der Waals surface area (Å²) < 4.78 is 31.4. The lowest BCUT2D eigenvalue weighted by molar-refractivity contribution is -0.118. The Bertz CT molecular complexity index is 656. The van der Waals surface area contributed by atoms with Crippen LogP contribution in [0.5, 0.6) is 5.75 Å². The van der Waals surface area contributed by atoms with E-state index in [1.807, 2.05) is 0 Å². The molecule has 0 aliphatic heterocycles. The van der Waals surface area contributed by atoms with Gasteiger partial charge in [-0.05, 0) is 36.4 Å². The molecule has 0 saturated carbocycles. The van der Waals surface area contributed by atoms with E-state index in [-0.39, 0.29) is 12.3 Å². The third-order valence-electron chi connectivity index (χ3n) is 2.59. The Labute approximate surface area is 119 Å². The number of rotatable bonds is 5. The number of ether oxygens (including phenoxy) is 1. The Kier molecular flexibility index (Phi) is 4.61. The second-order valence-electron chi connectivity index (χ2n) is 4.15. The topological polar surface area (TPSA) is 55.4 Å². The van der Waals surface area contributed by atoms with Crippen LogP contribution in [0.15, 0.2) is 42.5 Å². The third kappa shape index (κ3) is 4.10. The monoisotopic (exact) mass is 291 g/mol. The van der Waals surface area contributed by atoms with Gasteiger partial charge < -0.3 is 10.1 Å². The smallest absolute Gasteiger partial charge is 0.262 e. The second kappa shape index (κ2) is 6.60. The van der Waals surface area contributed by atoms with Gasteiger partial charge in [-0.3, -0.25) is 9.59 Å². The number of benzene rings is 2. The van der Waals surface area contributed by atoms with Gasteiger partial charge in [-0.25, -0.2) is 8.78 Å². The van der Waals surface area contributed by atoms with Crippen LogP contribution in [0.25, 0.3) is 0 Å². The van der Waals surface area contributed by atoms with E-state index >= 15 is 0 Å². The standard InChI is InChI=1S/C15H11F2NO3/c16-11-3-6-13(17)14(7-11)18-15(20)9-21-12-4-1-10(8-19)2-5-12/h1-8H,9H2,(H,18,20). The van der Waals surface area contributed by atoms with Crippen molar-refractivity contribution >= 4 is 17.9 Å². The minimum atomic E-state index is -0.736. The molecule has 0 spiro atoms. The molecule has 0 fully saturated rings. The Morgan fingerprint density at radius 2 is 1.86 bits per heavy atom. The maximum atomic E-state index is 13.3. The number of anilines is 1. The summed E-state index contributed by atoms with van der Waals surface area (Å²) in [6.07, 6.45) is 0.684. The van der Waals surface area contributed by atoms with E-state index in [1.165, 1.54) is 24.3 Å². The highest BCUT2D eigenvalue weighted by Crippen LogP contribution is 2.15. The largest absolute Gasteiger partial charge is 0.484 e. The first kappa shape index (κ1) is 14.6. The van der Waals surface area contributed by atoms with Crippen LogP contribution in [0.3, 0.4) is 0 Å². The molecule has 0 bridgehead atoms. The lowest BCUT2D eigenvalue weighted by Gasteiger charge is -2.08. The number of hydrogen-bond acceptors (Lipinski definition) is 3. The SMILES string of the molecule is O=Cc1ccc(OCC(=O)Nc2cc(F)ccc2F)cc1. The van der Waals surface area contributed by atoms with Gasteiger partial charge >= 0.3 is 0 Å². The highest BCUT2D eigenvalue weighted by atomic mass is 19.1. The molecular weight excluding hydrogens is 280 g/mol. The van der Waals surface area contributed by atoms with Gasteiger partial charge in [0, 0.05) is 11.6 Å². The van der Waals surface area contributed by atoms with Crippen molar-refractivity contribution in [3.63, 3.8) is 0 Å². The van der Waals surface area contributed by atoms with E-state index in [0.717, 1.165) is 18.2 Å². The minimum Gasteiger partial charge on any atom is -0.484 e. The zero-order valence-electron chi connectivity index (χ0n) is 10.8. The molecule has 21 heavy (non-hydrogen) atoms. The molecule has 2 aromatic rings. The Morgan fingerprint density at radius 3 is 2.52 bits per heavy atom. The lowest BCUT2D eigenvalue weighted by Crippen LogP contribution is -2.20. The molecule has 2 aromatic carbocycles. The number of carbonyl (C=O) groups is 2. The molecule has 6 heteroatoms. The molecule has 0 aliphatic carbocycles. The van der Waals surface area contributed by atoms with Gasteiger partial charge in [0.05, 0.1) is 5.69 Å². The van der Waals surface area contributed by atoms with E-state index in [0.29, 0.717) is 17.6 Å². The average Bonchev–Trinajstić information content (AvgIpc) is 2.49. The van der Waals surface area contributed by atoms with Crippen LogP contribution in [0, 0.1) is 11.6 Å². The van der Waals surface area contributed by atoms with Crippen LogP contribution < -0.4 is 10.1 Å². The summed E-state index contributed by atoms with van der Waals surface area (Å²) >= 11 is 0. The molecule has 0 atom stereocenters. The molecule has 108 valence electrons. The Morgan fingerprint density at radius 1 is 1.14 bits per heavy atom. The normalized spacial score (nSPS) is 10.0. The fourth-order valence-electron chi connectivity index (χ4n) is 1.57. The van der Waals surface area contributed by atoms with E-state index in [2.05, 4.69) is 5.32 Å². The molecule has 0 unspecified atom stereocenters. The van der Waals surface area contributed by atoms with Crippen LogP contribution in [0.1, 0.15) is 10.4 Å². The molecular formula is C15H11F2NO3. The Balaban J connectivity index is 1.92. The fraction of sp³-hybridized carbons (Fsp3) is 0.0667. The summed E-state index contributed by atoms with van der Waals surface area (Å²) in [4.78, 5) is 22.1. The average molecular weight is 291 g/mol. The number of aldehydes is 1. The van der Waals surface area contributed by atoms with Crippen LogP contribution >= 0.6 is 0 Å². The molecule has 0 aromatic heterocycles. The lowest BCUT2D eigenvalue weighted by atomic mass is 10.2. The van der Waals surface area contributed by atoms with E-state index in [4.69, 9.17) is 4.74 Å². The summed E-state index contributed by atoms with van der Waals surface area (Å²) in [7, 11) is 0. The van der Waals surface area contributed by atoms with Crippen molar-refractivity contribution < 1.29 is 23.1 Å². The van der Waals surface area contributed by atoms with Gasteiger partial charge in [0.1, 0.15) is 23.7 Å². The number of amides is 1. The molecule has 0 radical (unpaired) electrons. The quantitative estimate of drug-likeness (QED) is 0.862. The molecule has 1 amide bonds. The van der Waals surface area contributed by atoms with E-state index in [9.17, 15) is 18.4 Å². The first-order valence-electron chi connectivity index (χ1n) is 6.01. The van der Waals surface area contributed by atoms with Gasteiger partial charge in [0.25, 0.3) is 5.91 Å². The Hall–Kier alpha value is -2.76. The van der Waals surface area contributed by atoms with Crippen LogP contribution in [0.2, 0.25) is 0 Å². The first-order valence-corrected chi connectivity index (χ1v) is 6.01. The predicted molar refractivity (Wildman–Crippen MR) is 72.3 cm³/mol. The number of nitrogens with one attached hydrogen (secondary N) is 1. The van der Waals surface area contributed by atoms with Gasteiger partial charge in [0.2, 0.25) is 0 Å². The molecule has 0 heterocycles. The minimum absolute atomic E-state index is 0.250. The van der Waals surface area contributed by atoms with E-state index < -0.39 is 17.5 Å². The number of hydrogen-bond donors (Lipinski definition) is 1. The summed E-state index contributed by atoms with van der Waals surface area (Å²) in [5.74, 6) is -1.63. The van der Waals surface area contributed by atoms with E-state index in [1.54, 1.807) is 0 Å². The number of carbonyl (C=O) groups excluding carboxylic acids is 2. The first-order chi connectivity index (χ1) is 10.1. The van der Waals surface area contributed by atoms with Gasteiger partial charge in [-0.2, -0.15) is 0 Å². The van der Waals surface area contributed by atoms with Gasteiger partial charge in [-0.15, -0.1) is 0 Å². The molecule has 2 rings (SSSR count). The summed E-state index contributed by atoms with van der Waals surface area (Å²) in [6.45, 7) is -0.365. The summed E-state index contributed by atoms with van der Waals surface area (Å²) in [5, 5.41) is 2.21. The van der Waals surface area contributed by atoms with Crippen molar-refractivity contribution in [2.24, 2.45) is 0 Å². The maximum Gasteiger partial charge on any atom is 0.262 e. The maximum absolute atomic E-state index is 13.3. The molecule has 1 N–H and O–H groups in total. The van der Waals surface area contributed by atoms with Crippen LogP contribution in [-0.4, -0.2) is 18.8 Å². The predicted octanol–water partition coefficient (Wildman–Crippen LogP) is 2.79. The van der Waals surface area contributed by atoms with Crippen LogP contribution in [0.4, 0.5) is 14.5 Å². The third-order valence-corrected chi connectivity index (χ3v) is 2.59. The van der Waals surface area contributed by atoms with Crippen molar-refractivity contribution in [1.29, 1.82) is 0 Å². The highest BCUT2D eigenvalue weighted by molar-refractivity contribution is 5.92. The van der Waals surface area contributed by atoms with Crippen LogP contribution in [-0.2, 0) is 4.79 Å². The van der Waals surface area contributed by atoms with Crippen molar-refractivity contribution in [3.05, 3.63) is 59.7 Å². The highest BCUT2D eigenvalue weighted by Gasteiger charge is 2.09. The summed E-state index contributed by atoms with van der Waals surface area (Å²) in [5.41, 5.74) is 0.230. The number of halogens is 2. The fourth-order valence-corrected chi connectivity index (χ4v) is 1.57. The molecule has 0 aliphatic rings. The molecule has 4 nitrogen and oxygen atoms in total. The second-order valence-corrected chi connectivity index (χ2v) is 4.15.